The Hall–Kier alpha value is -2.82. The molecule has 5 heteroatoms. The van der Waals surface area contributed by atoms with Crippen LogP contribution in [-0.4, -0.2) is 19.1 Å². The number of methoxy groups -OCH3 is 1. The normalized spacial score (nSPS) is 11.9. The van der Waals surface area contributed by atoms with E-state index in [1.807, 2.05) is 43.3 Å². The maximum absolute atomic E-state index is 12.7. The van der Waals surface area contributed by atoms with Gasteiger partial charge >= 0.3 is 0 Å². The Morgan fingerprint density at radius 1 is 0.929 bits per heavy atom. The zero-order chi connectivity index (χ0) is 19.9. The predicted molar refractivity (Wildman–Crippen MR) is 114 cm³/mol. The number of ether oxygens (including phenoxy) is 1. The average molecular weight is 395 g/mol. The van der Waals surface area contributed by atoms with E-state index in [0.717, 1.165) is 11.1 Å². The maximum atomic E-state index is 12.7. The minimum atomic E-state index is -0.425. The number of halogens is 1. The molecule has 0 unspecified atom stereocenters. The van der Waals surface area contributed by atoms with Crippen molar-refractivity contribution in [2.24, 2.45) is 0 Å². The Morgan fingerprint density at radius 2 is 1.50 bits per heavy atom. The minimum absolute atomic E-state index is 0.0948. The van der Waals surface area contributed by atoms with Gasteiger partial charge in [0.25, 0.3) is 0 Å². The number of hydrogen-bond donors (Lipinski definition) is 2. The van der Waals surface area contributed by atoms with Crippen molar-refractivity contribution in [3.05, 3.63) is 95.0 Å². The van der Waals surface area contributed by atoms with Gasteiger partial charge in [-0.3, -0.25) is 10.1 Å². The van der Waals surface area contributed by atoms with E-state index in [1.165, 1.54) is 0 Å². The second-order valence-electron chi connectivity index (χ2n) is 6.48. The second kappa shape index (κ2) is 9.40. The van der Waals surface area contributed by atoms with Crippen molar-refractivity contribution >= 4 is 23.2 Å². The van der Waals surface area contributed by atoms with E-state index in [0.29, 0.717) is 16.5 Å². The highest BCUT2D eigenvalue weighted by atomic mass is 35.5. The van der Waals surface area contributed by atoms with Crippen LogP contribution in [-0.2, 0) is 4.79 Å². The van der Waals surface area contributed by atoms with E-state index in [4.69, 9.17) is 16.3 Å². The summed E-state index contributed by atoms with van der Waals surface area (Å²) in [4.78, 5) is 12.7. The zero-order valence-electron chi connectivity index (χ0n) is 15.9. The fourth-order valence-electron chi connectivity index (χ4n) is 3.00. The number of carbonyl (C=O) groups excluding carboxylic acids is 1. The zero-order valence-corrected chi connectivity index (χ0v) is 16.6. The summed E-state index contributed by atoms with van der Waals surface area (Å²) >= 11 is 6.15. The molecule has 0 aliphatic heterocycles. The van der Waals surface area contributed by atoms with Gasteiger partial charge in [0.15, 0.2) is 0 Å². The maximum Gasteiger partial charge on any atom is 0.241 e. The molecule has 0 bridgehead atoms. The number of rotatable bonds is 7. The second-order valence-corrected chi connectivity index (χ2v) is 6.89. The Bertz CT molecular complexity index is 877. The molecule has 4 nitrogen and oxygen atoms in total. The summed E-state index contributed by atoms with van der Waals surface area (Å²) < 4.78 is 5.15. The first-order valence-corrected chi connectivity index (χ1v) is 9.46. The molecule has 3 aromatic rings. The highest BCUT2D eigenvalue weighted by Gasteiger charge is 2.21. The first kappa shape index (κ1) is 19.9. The number of amides is 1. The van der Waals surface area contributed by atoms with Crippen LogP contribution in [0.3, 0.4) is 0 Å². The van der Waals surface area contributed by atoms with Crippen LogP contribution in [0.2, 0.25) is 5.02 Å². The molecule has 28 heavy (non-hydrogen) atoms. The summed E-state index contributed by atoms with van der Waals surface area (Å²) in [6, 6.07) is 24.8. The van der Waals surface area contributed by atoms with Gasteiger partial charge in [-0.1, -0.05) is 72.3 Å². The van der Waals surface area contributed by atoms with Gasteiger partial charge < -0.3 is 10.1 Å². The van der Waals surface area contributed by atoms with Crippen LogP contribution in [0.25, 0.3) is 0 Å². The fraction of sp³-hybridized carbons (Fsp3) is 0.174. The van der Waals surface area contributed by atoms with Crippen LogP contribution in [0.15, 0.2) is 78.9 Å². The van der Waals surface area contributed by atoms with E-state index < -0.39 is 6.04 Å². The highest BCUT2D eigenvalue weighted by Crippen LogP contribution is 2.27. The van der Waals surface area contributed by atoms with Crippen LogP contribution in [0.1, 0.15) is 24.1 Å². The molecule has 0 heterocycles. The summed E-state index contributed by atoms with van der Waals surface area (Å²) in [5, 5.41) is 6.79. The smallest absolute Gasteiger partial charge is 0.241 e. The first-order chi connectivity index (χ1) is 13.6. The molecule has 144 valence electrons. The molecule has 0 fully saturated rings. The Kier molecular flexibility index (Phi) is 6.69. The van der Waals surface area contributed by atoms with Crippen LogP contribution in [0, 0.1) is 0 Å². The molecule has 0 saturated heterocycles. The van der Waals surface area contributed by atoms with Crippen molar-refractivity contribution in [3.63, 3.8) is 0 Å². The van der Waals surface area contributed by atoms with E-state index in [9.17, 15) is 4.79 Å². The third-order valence-electron chi connectivity index (χ3n) is 4.50. The summed E-state index contributed by atoms with van der Waals surface area (Å²) in [5.41, 5.74) is 2.82. The molecule has 0 aliphatic carbocycles. The first-order valence-electron chi connectivity index (χ1n) is 9.09. The van der Waals surface area contributed by atoms with Gasteiger partial charge in [-0.15, -0.1) is 0 Å². The quantitative estimate of drug-likeness (QED) is 0.589. The summed E-state index contributed by atoms with van der Waals surface area (Å²) in [7, 11) is 1.55. The van der Waals surface area contributed by atoms with Crippen molar-refractivity contribution in [1.29, 1.82) is 0 Å². The highest BCUT2D eigenvalue weighted by molar-refractivity contribution is 6.32. The molecule has 0 aliphatic rings. The lowest BCUT2D eigenvalue weighted by molar-refractivity contribution is -0.117. The van der Waals surface area contributed by atoms with Crippen molar-refractivity contribution in [2.75, 3.05) is 12.4 Å². The predicted octanol–water partition coefficient (Wildman–Crippen LogP) is 5.05. The standard InChI is InChI=1S/C23H23ClN2O2/c1-16(23(27)26-19-13-14-21(28-2)20(24)15-19)25-22(17-9-5-3-6-10-17)18-11-7-4-8-12-18/h3-16,22,25H,1-2H3,(H,26,27)/t16-/m0/s1. The number of nitrogens with one attached hydrogen (secondary N) is 2. The SMILES string of the molecule is COc1ccc(NC(=O)[C@H](C)NC(c2ccccc2)c2ccccc2)cc1Cl. The minimum Gasteiger partial charge on any atom is -0.495 e. The molecule has 2 N–H and O–H groups in total. The van der Waals surface area contributed by atoms with Gasteiger partial charge in [0.1, 0.15) is 5.75 Å². The third-order valence-corrected chi connectivity index (χ3v) is 4.79. The monoisotopic (exact) mass is 394 g/mol. The summed E-state index contributed by atoms with van der Waals surface area (Å²) in [5.74, 6) is 0.428. The van der Waals surface area contributed by atoms with Gasteiger partial charge in [-0.2, -0.15) is 0 Å². The van der Waals surface area contributed by atoms with Crippen molar-refractivity contribution in [2.45, 2.75) is 19.0 Å². The molecule has 3 rings (SSSR count). The molecular formula is C23H23ClN2O2. The topological polar surface area (TPSA) is 50.4 Å². The van der Waals surface area contributed by atoms with E-state index in [-0.39, 0.29) is 11.9 Å². The van der Waals surface area contributed by atoms with Gasteiger partial charge in [0.05, 0.1) is 24.2 Å². The number of anilines is 1. The van der Waals surface area contributed by atoms with Crippen molar-refractivity contribution in [1.82, 2.24) is 5.32 Å². The summed E-state index contributed by atoms with van der Waals surface area (Å²) in [6.45, 7) is 1.85. The molecule has 0 radical (unpaired) electrons. The molecule has 0 aromatic heterocycles. The Morgan fingerprint density at radius 3 is 2.00 bits per heavy atom. The average Bonchev–Trinajstić information content (AvgIpc) is 2.73. The van der Waals surface area contributed by atoms with Gasteiger partial charge in [-0.05, 0) is 36.2 Å². The third kappa shape index (κ3) is 4.91. The lowest BCUT2D eigenvalue weighted by Crippen LogP contribution is -2.40. The van der Waals surface area contributed by atoms with E-state index in [2.05, 4.69) is 34.9 Å². The lowest BCUT2D eigenvalue weighted by Gasteiger charge is -2.24. The Labute approximate surface area is 170 Å². The number of hydrogen-bond acceptors (Lipinski definition) is 3. The molecular weight excluding hydrogens is 372 g/mol. The molecule has 1 amide bonds. The van der Waals surface area contributed by atoms with Crippen LogP contribution in [0.5, 0.6) is 5.75 Å². The molecule has 1 atom stereocenters. The summed E-state index contributed by atoms with van der Waals surface area (Å²) in [6.07, 6.45) is 0. The lowest BCUT2D eigenvalue weighted by atomic mass is 9.98. The number of benzene rings is 3. The van der Waals surface area contributed by atoms with E-state index in [1.54, 1.807) is 25.3 Å². The van der Waals surface area contributed by atoms with Gasteiger partial charge in [0.2, 0.25) is 5.91 Å². The largest absolute Gasteiger partial charge is 0.495 e. The Balaban J connectivity index is 1.75. The molecule has 3 aromatic carbocycles. The van der Waals surface area contributed by atoms with Crippen LogP contribution >= 0.6 is 11.6 Å². The van der Waals surface area contributed by atoms with E-state index >= 15 is 0 Å². The van der Waals surface area contributed by atoms with Gasteiger partial charge in [-0.25, -0.2) is 0 Å². The number of carbonyl (C=O) groups is 1. The van der Waals surface area contributed by atoms with Crippen molar-refractivity contribution < 1.29 is 9.53 Å². The molecule has 0 saturated carbocycles. The molecule has 0 spiro atoms. The van der Waals surface area contributed by atoms with Crippen LogP contribution < -0.4 is 15.4 Å². The van der Waals surface area contributed by atoms with Crippen LogP contribution in [0.4, 0.5) is 5.69 Å². The fourth-order valence-corrected chi connectivity index (χ4v) is 3.25. The van der Waals surface area contributed by atoms with Crippen molar-refractivity contribution in [3.8, 4) is 5.75 Å². The van der Waals surface area contributed by atoms with Gasteiger partial charge in [0, 0.05) is 5.69 Å².